The van der Waals surface area contributed by atoms with Crippen LogP contribution in [0.15, 0.2) is 0 Å². The molecule has 30 nitrogen and oxygen atoms in total. The zero-order chi connectivity index (χ0) is 64.2. The molecule has 8 aliphatic heterocycles. The Morgan fingerprint density at radius 3 is 1.40 bits per heavy atom. The summed E-state index contributed by atoms with van der Waals surface area (Å²) in [5.74, 6) is 2.18. The maximum atomic E-state index is 12.4. The summed E-state index contributed by atoms with van der Waals surface area (Å²) in [6.45, 7) is 5.68. The molecule has 12 fully saturated rings. The number of aliphatic hydroxyl groups excluding tert-OH is 16. The lowest BCUT2D eigenvalue weighted by Crippen LogP contribution is -2.69. The zero-order valence-corrected chi connectivity index (χ0v) is 51.2. The van der Waals surface area contributed by atoms with Gasteiger partial charge in [-0.25, -0.2) is 0 Å². The summed E-state index contributed by atoms with van der Waals surface area (Å²) in [7, 11) is 0. The van der Waals surface area contributed by atoms with Gasteiger partial charge in [0.25, 0.3) is 0 Å². The van der Waals surface area contributed by atoms with Gasteiger partial charge in [0.2, 0.25) is 0 Å². The zero-order valence-electron chi connectivity index (χ0n) is 51.2. The first kappa shape index (κ1) is 68.7. The second-order valence-electron chi connectivity index (χ2n) is 28.6. The average molecular weight is 1300 g/mol. The highest BCUT2D eigenvalue weighted by molar-refractivity contribution is 5.16. The number of hydrogen-bond donors (Lipinski definition) is 16. The van der Waals surface area contributed by atoms with E-state index in [0.717, 1.165) is 51.4 Å². The predicted octanol–water partition coefficient (Wildman–Crippen LogP) is -5.34. The summed E-state index contributed by atoms with van der Waals surface area (Å²) >= 11 is 0. The summed E-state index contributed by atoms with van der Waals surface area (Å²) in [5, 5.41) is 176. The number of hydrogen-bond acceptors (Lipinski definition) is 30. The monoisotopic (exact) mass is 1300 g/mol. The van der Waals surface area contributed by atoms with Crippen LogP contribution >= 0.6 is 0 Å². The summed E-state index contributed by atoms with van der Waals surface area (Å²) in [6, 6.07) is 0. The Kier molecular flexibility index (Phi) is 20.8. The molecule has 0 aromatic rings. The van der Waals surface area contributed by atoms with Gasteiger partial charge in [-0.3, -0.25) is 0 Å². The van der Waals surface area contributed by atoms with Crippen molar-refractivity contribution in [3.05, 3.63) is 0 Å². The van der Waals surface area contributed by atoms with E-state index in [1.165, 1.54) is 0 Å². The molecule has 12 rings (SSSR count). The summed E-state index contributed by atoms with van der Waals surface area (Å²) in [6.07, 6.45) is -41.3. The molecule has 518 valence electrons. The predicted molar refractivity (Wildman–Crippen MR) is 296 cm³/mol. The third kappa shape index (κ3) is 12.3. The fourth-order valence-corrected chi connectivity index (χ4v) is 18.2. The first-order valence-electron chi connectivity index (χ1n) is 32.6. The quantitative estimate of drug-likeness (QED) is 0.0681. The van der Waals surface area contributed by atoms with Crippen LogP contribution in [-0.2, 0) is 66.3 Å². The van der Waals surface area contributed by atoms with Crippen molar-refractivity contribution in [1.82, 2.24) is 0 Å². The summed E-state index contributed by atoms with van der Waals surface area (Å²) in [5.41, 5.74) is 0.00726. The number of ether oxygens (including phenoxy) is 14. The van der Waals surface area contributed by atoms with Gasteiger partial charge in [-0.2, -0.15) is 0 Å². The molecule has 30 heteroatoms. The number of aliphatic hydroxyl groups is 16. The van der Waals surface area contributed by atoms with Gasteiger partial charge < -0.3 is 148 Å². The van der Waals surface area contributed by atoms with Crippen LogP contribution < -0.4 is 0 Å². The Bertz CT molecular complexity index is 2360. The van der Waals surface area contributed by atoms with E-state index in [1.807, 2.05) is 0 Å². The standard InChI is InChI=1S/C60H98O30/c1-22-7-12-60(80-18-22)23(2)36-32(90-60)14-28-26-6-5-24-13-25(8-10-58(24,3)27(26)9-11-59(28,36)4)81-56-50(89-55-46(76)47(40(70)33(15-61)82-55)85-52-43(73)37(67)29(64)19-77-52)49(42(72)34(16-62)83-56)87-57-51(88-54-45(75)39(69)31(66)21-79-54)48(41(71)35(17-63)84-57)86-53-44(74)38(68)30(65)20-78-53/h22-57,61-76H,5-21H2,1-4H3/t22?,23-,24-,25-,26+,27-,28-,29+,30+,31+,32-,33+,34+,35+,36-,37-,38-,39-,40-,41+,42+,43+,44+,45+,46+,47-,48-,49-,50+,51+,52-,53-,54-,55-,56+,57-,58-,59-,60+/m0/s1. The van der Waals surface area contributed by atoms with Crippen molar-refractivity contribution in [2.45, 2.75) is 276 Å². The highest BCUT2D eigenvalue weighted by Gasteiger charge is 2.70. The molecule has 12 aliphatic rings. The first-order valence-corrected chi connectivity index (χ1v) is 32.6. The molecule has 8 heterocycles. The van der Waals surface area contributed by atoms with Gasteiger partial charge in [-0.15, -0.1) is 0 Å². The highest BCUT2D eigenvalue weighted by Crippen LogP contribution is 2.71. The molecular weight excluding hydrogens is 1200 g/mol. The van der Waals surface area contributed by atoms with Gasteiger partial charge in [0.1, 0.15) is 128 Å². The average Bonchev–Trinajstić information content (AvgIpc) is 1.50. The van der Waals surface area contributed by atoms with E-state index in [0.29, 0.717) is 49.0 Å². The van der Waals surface area contributed by atoms with E-state index in [4.69, 9.17) is 66.3 Å². The van der Waals surface area contributed by atoms with Crippen molar-refractivity contribution >= 4 is 0 Å². The Hall–Kier alpha value is -1.20. The molecule has 4 aliphatic carbocycles. The van der Waals surface area contributed by atoms with E-state index in [9.17, 15) is 81.7 Å². The van der Waals surface area contributed by atoms with E-state index < -0.39 is 217 Å². The molecule has 1 unspecified atom stereocenters. The number of fused-ring (bicyclic) bond motifs is 7. The highest BCUT2D eigenvalue weighted by atomic mass is 16.8. The molecule has 0 radical (unpaired) electrons. The molecule has 4 saturated carbocycles. The molecule has 8 saturated heterocycles. The lowest BCUT2D eigenvalue weighted by molar-refractivity contribution is -0.415. The van der Waals surface area contributed by atoms with Crippen molar-refractivity contribution in [2.75, 3.05) is 46.2 Å². The van der Waals surface area contributed by atoms with Crippen molar-refractivity contribution in [2.24, 2.45) is 52.3 Å². The van der Waals surface area contributed by atoms with Gasteiger partial charge in [0.15, 0.2) is 43.5 Å². The fraction of sp³-hybridized carbons (Fsp3) is 1.00. The molecular formula is C60H98O30. The lowest BCUT2D eigenvalue weighted by atomic mass is 9.44. The largest absolute Gasteiger partial charge is 0.394 e. The molecule has 0 aromatic carbocycles. The van der Waals surface area contributed by atoms with Crippen molar-refractivity contribution < 1.29 is 148 Å². The summed E-state index contributed by atoms with van der Waals surface area (Å²) < 4.78 is 87.4. The third-order valence-corrected chi connectivity index (χ3v) is 23.4. The number of rotatable bonds is 15. The van der Waals surface area contributed by atoms with Crippen LogP contribution in [0.2, 0.25) is 0 Å². The lowest BCUT2D eigenvalue weighted by Gasteiger charge is -2.61. The second-order valence-corrected chi connectivity index (χ2v) is 28.6. The van der Waals surface area contributed by atoms with Crippen molar-refractivity contribution in [3.8, 4) is 0 Å². The normalized spacial score (nSPS) is 57.3. The Morgan fingerprint density at radius 2 is 0.878 bits per heavy atom. The van der Waals surface area contributed by atoms with Crippen LogP contribution in [0.1, 0.15) is 91.9 Å². The smallest absolute Gasteiger partial charge is 0.187 e. The maximum Gasteiger partial charge on any atom is 0.187 e. The van der Waals surface area contributed by atoms with E-state index in [1.54, 1.807) is 0 Å². The van der Waals surface area contributed by atoms with E-state index >= 15 is 0 Å². The molecule has 0 bridgehead atoms. The molecule has 16 N–H and O–H groups in total. The van der Waals surface area contributed by atoms with Gasteiger partial charge in [0.05, 0.1) is 58.5 Å². The second kappa shape index (κ2) is 27.3. The minimum atomic E-state index is -2.10. The van der Waals surface area contributed by atoms with Crippen LogP contribution in [0, 0.1) is 52.3 Å². The Balaban J connectivity index is 0.841. The minimum Gasteiger partial charge on any atom is -0.394 e. The molecule has 90 heavy (non-hydrogen) atoms. The fourth-order valence-electron chi connectivity index (χ4n) is 18.2. The van der Waals surface area contributed by atoms with E-state index in [2.05, 4.69) is 27.7 Å². The van der Waals surface area contributed by atoms with Crippen LogP contribution in [0.4, 0.5) is 0 Å². The SMILES string of the molecule is CC1CC[C@@]2(OC1)O[C@H]1C[C@H]3[C@@H]4CC[C@H]5C[C@@H](O[C@@H]6O[C@H](CO)[C@@H](O)[C@H](O[C@@H]7O[C@H](CO)[C@@H](O)[C@H](O[C@@H]8OC[C@@H](O)[C@H](O)[C@H]8O)[C@H]7O[C@@H]7OC[C@@H](O)[C@H](O)[C@H]7O)[C@H]6O[C@@H]6O[C@H](CO)[C@H](O)[C@H](O[C@@H]7OC[C@@H](O)[C@H](O)[C@H]7O)[C@H]6O)CC[C@]5(C)[C@H]4CC[C@]3(C)[C@H]1[C@@H]2C. The van der Waals surface area contributed by atoms with Crippen molar-refractivity contribution in [3.63, 3.8) is 0 Å². The van der Waals surface area contributed by atoms with Crippen molar-refractivity contribution in [1.29, 1.82) is 0 Å². The van der Waals surface area contributed by atoms with Gasteiger partial charge in [-0.1, -0.05) is 27.7 Å². The maximum absolute atomic E-state index is 12.4. The van der Waals surface area contributed by atoms with Gasteiger partial charge in [0, 0.05) is 12.3 Å². The van der Waals surface area contributed by atoms with Crippen LogP contribution in [0.25, 0.3) is 0 Å². The van der Waals surface area contributed by atoms with Crippen LogP contribution in [-0.4, -0.2) is 312 Å². The van der Waals surface area contributed by atoms with Crippen LogP contribution in [0.3, 0.4) is 0 Å². The summed E-state index contributed by atoms with van der Waals surface area (Å²) in [4.78, 5) is 0. The molecule has 1 spiro atoms. The molecule has 0 aromatic heterocycles. The van der Waals surface area contributed by atoms with Gasteiger partial charge in [-0.05, 0) is 104 Å². The Labute approximate surface area is 520 Å². The molecule has 0 amide bonds. The van der Waals surface area contributed by atoms with E-state index in [-0.39, 0.29) is 28.8 Å². The Morgan fingerprint density at radius 1 is 0.411 bits per heavy atom. The first-order chi connectivity index (χ1) is 42.8. The van der Waals surface area contributed by atoms with Crippen LogP contribution in [0.5, 0.6) is 0 Å². The minimum absolute atomic E-state index is 0.0873. The third-order valence-electron chi connectivity index (χ3n) is 23.4. The van der Waals surface area contributed by atoms with Gasteiger partial charge >= 0.3 is 0 Å². The molecule has 39 atom stereocenters. The topological polar surface area (TPSA) is 453 Å².